The lowest BCUT2D eigenvalue weighted by Gasteiger charge is -2.35. The Bertz CT molecular complexity index is 568. The van der Waals surface area contributed by atoms with Crippen LogP contribution in [0.15, 0.2) is 29.3 Å². The molecule has 1 aromatic rings. The number of aliphatic imine (C=N–C) groups is 1. The van der Waals surface area contributed by atoms with Gasteiger partial charge in [-0.15, -0.1) is 24.0 Å². The molecule has 160 valence electrons. The molecule has 0 aliphatic carbocycles. The van der Waals surface area contributed by atoms with E-state index in [1.165, 1.54) is 32.2 Å². The zero-order valence-corrected chi connectivity index (χ0v) is 19.8. The predicted octanol–water partition coefficient (Wildman–Crippen LogP) is 3.17. The van der Waals surface area contributed by atoms with Crippen LogP contribution in [0.2, 0.25) is 0 Å². The summed E-state index contributed by atoms with van der Waals surface area (Å²) in [4.78, 5) is 7.14. The molecule has 0 bridgehead atoms. The van der Waals surface area contributed by atoms with E-state index in [1.807, 2.05) is 24.3 Å². The first kappa shape index (κ1) is 25.0. The average Bonchev–Trinajstić information content (AvgIpc) is 2.72. The second kappa shape index (κ2) is 14.0. The maximum absolute atomic E-state index is 10.4. The minimum Gasteiger partial charge on any atom is -0.497 e. The molecule has 1 aliphatic rings. The van der Waals surface area contributed by atoms with E-state index in [2.05, 4.69) is 34.4 Å². The number of hydrogen-bond donors (Lipinski definition) is 3. The third-order valence-electron chi connectivity index (χ3n) is 5.18. The first-order valence-corrected chi connectivity index (χ1v) is 10.3. The lowest BCUT2D eigenvalue weighted by atomic mass is 10.0. The van der Waals surface area contributed by atoms with Crippen molar-refractivity contribution in [3.8, 4) is 5.75 Å². The first-order chi connectivity index (χ1) is 13.2. The maximum Gasteiger partial charge on any atom is 0.191 e. The van der Waals surface area contributed by atoms with Gasteiger partial charge in [0.15, 0.2) is 5.96 Å². The summed E-state index contributed by atoms with van der Waals surface area (Å²) in [6.07, 6.45) is 4.58. The van der Waals surface area contributed by atoms with E-state index in [1.54, 1.807) is 7.11 Å². The molecule has 1 aromatic carbocycles. The number of ether oxygens (including phenoxy) is 1. The number of piperidine rings is 1. The number of aliphatic hydroxyl groups is 1. The Morgan fingerprint density at radius 1 is 1.25 bits per heavy atom. The fourth-order valence-electron chi connectivity index (χ4n) is 3.59. The number of likely N-dealkylation sites (tertiary alicyclic amines) is 1. The van der Waals surface area contributed by atoms with E-state index in [-0.39, 0.29) is 24.0 Å². The Labute approximate surface area is 187 Å². The summed E-state index contributed by atoms with van der Waals surface area (Å²) in [7, 11) is 1.64. The standard InChI is InChI=1S/C21H36N4O2.HI/c1-4-18-8-6-7-14-25(18)15-13-23-21(22-5-2)24-16-20(26)17-9-11-19(27-3)12-10-17;/h9-12,18,20,26H,4-8,13-16H2,1-3H3,(H2,22,23,24);1H. The zero-order chi connectivity index (χ0) is 19.5. The van der Waals surface area contributed by atoms with Gasteiger partial charge in [-0.3, -0.25) is 9.89 Å². The molecule has 1 fully saturated rings. The highest BCUT2D eigenvalue weighted by Gasteiger charge is 2.20. The molecular weight excluding hydrogens is 467 g/mol. The van der Waals surface area contributed by atoms with Gasteiger partial charge >= 0.3 is 0 Å². The molecule has 0 radical (unpaired) electrons. The number of guanidine groups is 1. The summed E-state index contributed by atoms with van der Waals surface area (Å²) in [6, 6.07) is 8.18. The SMILES string of the molecule is CCNC(=NCC(O)c1ccc(OC)cc1)NCCN1CCCCC1CC.I. The molecule has 1 saturated heterocycles. The van der Waals surface area contributed by atoms with E-state index in [4.69, 9.17) is 4.74 Å². The predicted molar refractivity (Wildman–Crippen MR) is 127 cm³/mol. The van der Waals surface area contributed by atoms with Crippen molar-refractivity contribution in [1.29, 1.82) is 0 Å². The smallest absolute Gasteiger partial charge is 0.191 e. The summed E-state index contributed by atoms with van der Waals surface area (Å²) in [5.41, 5.74) is 0.842. The van der Waals surface area contributed by atoms with Gasteiger partial charge in [-0.25, -0.2) is 0 Å². The highest BCUT2D eigenvalue weighted by molar-refractivity contribution is 14.0. The van der Waals surface area contributed by atoms with Crippen LogP contribution in [0.5, 0.6) is 5.75 Å². The van der Waals surface area contributed by atoms with E-state index < -0.39 is 6.10 Å². The van der Waals surface area contributed by atoms with Gasteiger partial charge in [-0.2, -0.15) is 0 Å². The van der Waals surface area contributed by atoms with Crippen molar-refractivity contribution in [3.63, 3.8) is 0 Å². The Morgan fingerprint density at radius 3 is 2.64 bits per heavy atom. The van der Waals surface area contributed by atoms with E-state index >= 15 is 0 Å². The van der Waals surface area contributed by atoms with Gasteiger partial charge in [0.2, 0.25) is 0 Å². The van der Waals surface area contributed by atoms with Gasteiger partial charge in [0, 0.05) is 25.7 Å². The molecule has 2 unspecified atom stereocenters. The largest absolute Gasteiger partial charge is 0.497 e. The molecule has 0 spiro atoms. The maximum atomic E-state index is 10.4. The summed E-state index contributed by atoms with van der Waals surface area (Å²) in [5, 5.41) is 17.0. The number of hydrogen-bond acceptors (Lipinski definition) is 4. The lowest BCUT2D eigenvalue weighted by Crippen LogP contribution is -2.46. The van der Waals surface area contributed by atoms with Gasteiger partial charge in [-0.05, 0) is 50.4 Å². The lowest BCUT2D eigenvalue weighted by molar-refractivity contribution is 0.147. The number of methoxy groups -OCH3 is 1. The topological polar surface area (TPSA) is 69.1 Å². The molecule has 28 heavy (non-hydrogen) atoms. The van der Waals surface area contributed by atoms with Crippen LogP contribution in [0, 0.1) is 0 Å². The fraction of sp³-hybridized carbons (Fsp3) is 0.667. The molecule has 1 aliphatic heterocycles. The molecule has 0 amide bonds. The fourth-order valence-corrected chi connectivity index (χ4v) is 3.59. The van der Waals surface area contributed by atoms with Crippen molar-refractivity contribution < 1.29 is 9.84 Å². The van der Waals surface area contributed by atoms with Crippen LogP contribution in [0.1, 0.15) is 51.2 Å². The third kappa shape index (κ3) is 8.13. The van der Waals surface area contributed by atoms with Crippen LogP contribution in [0.25, 0.3) is 0 Å². The van der Waals surface area contributed by atoms with Crippen LogP contribution in [-0.4, -0.2) is 61.8 Å². The molecule has 2 atom stereocenters. The average molecular weight is 504 g/mol. The number of benzene rings is 1. The number of nitrogens with zero attached hydrogens (tertiary/aromatic N) is 2. The minimum atomic E-state index is -0.627. The summed E-state index contributed by atoms with van der Waals surface area (Å²) in [5.74, 6) is 1.54. The van der Waals surface area contributed by atoms with E-state index in [9.17, 15) is 5.11 Å². The Kier molecular flexibility index (Phi) is 12.5. The zero-order valence-electron chi connectivity index (χ0n) is 17.5. The van der Waals surface area contributed by atoms with Crippen molar-refractivity contribution in [3.05, 3.63) is 29.8 Å². The molecule has 1 heterocycles. The number of nitrogens with one attached hydrogen (secondary N) is 2. The normalized spacial score (nSPS) is 18.9. The van der Waals surface area contributed by atoms with Gasteiger partial charge in [0.25, 0.3) is 0 Å². The van der Waals surface area contributed by atoms with Gasteiger partial charge < -0.3 is 20.5 Å². The highest BCUT2D eigenvalue weighted by Crippen LogP contribution is 2.19. The van der Waals surface area contributed by atoms with Crippen molar-refractivity contribution >= 4 is 29.9 Å². The number of rotatable bonds is 9. The molecule has 0 saturated carbocycles. The van der Waals surface area contributed by atoms with Crippen molar-refractivity contribution in [2.75, 3.05) is 39.8 Å². The van der Waals surface area contributed by atoms with Crippen LogP contribution >= 0.6 is 24.0 Å². The molecule has 6 nitrogen and oxygen atoms in total. The summed E-state index contributed by atoms with van der Waals surface area (Å²) in [6.45, 7) is 8.54. The van der Waals surface area contributed by atoms with Gasteiger partial charge in [0.1, 0.15) is 5.75 Å². The molecule has 0 aromatic heterocycles. The van der Waals surface area contributed by atoms with Crippen molar-refractivity contribution in [1.82, 2.24) is 15.5 Å². The molecule has 3 N–H and O–H groups in total. The Hall–Kier alpha value is -1.06. The number of aliphatic hydroxyl groups excluding tert-OH is 1. The van der Waals surface area contributed by atoms with Crippen LogP contribution in [0.3, 0.4) is 0 Å². The minimum absolute atomic E-state index is 0. The van der Waals surface area contributed by atoms with Crippen LogP contribution in [0.4, 0.5) is 0 Å². The van der Waals surface area contributed by atoms with E-state index in [0.717, 1.165) is 42.9 Å². The van der Waals surface area contributed by atoms with Crippen molar-refractivity contribution in [2.24, 2.45) is 4.99 Å². The summed E-state index contributed by atoms with van der Waals surface area (Å²) >= 11 is 0. The second-order valence-corrected chi connectivity index (χ2v) is 7.03. The van der Waals surface area contributed by atoms with Gasteiger partial charge in [0.05, 0.1) is 19.8 Å². The monoisotopic (exact) mass is 504 g/mol. The Balaban J connectivity index is 0.00000392. The quantitative estimate of drug-likeness (QED) is 0.274. The second-order valence-electron chi connectivity index (χ2n) is 7.03. The number of halogens is 1. The van der Waals surface area contributed by atoms with Crippen LogP contribution in [-0.2, 0) is 0 Å². The Morgan fingerprint density at radius 2 is 2.00 bits per heavy atom. The first-order valence-electron chi connectivity index (χ1n) is 10.3. The molecular formula is C21H37IN4O2. The van der Waals surface area contributed by atoms with Crippen LogP contribution < -0.4 is 15.4 Å². The van der Waals surface area contributed by atoms with Crippen molar-refractivity contribution in [2.45, 2.75) is 51.7 Å². The van der Waals surface area contributed by atoms with Gasteiger partial charge in [-0.1, -0.05) is 25.5 Å². The highest BCUT2D eigenvalue weighted by atomic mass is 127. The molecule has 7 heteroatoms. The summed E-state index contributed by atoms with van der Waals surface area (Å²) < 4.78 is 5.16. The molecule has 2 rings (SSSR count). The van der Waals surface area contributed by atoms with E-state index in [0.29, 0.717) is 6.54 Å². The third-order valence-corrected chi connectivity index (χ3v) is 5.18.